The Morgan fingerprint density at radius 2 is 1.62 bits per heavy atom. The van der Waals surface area contributed by atoms with Crippen LogP contribution in [0.25, 0.3) is 0 Å². The fourth-order valence-corrected chi connectivity index (χ4v) is 2.17. The minimum absolute atomic E-state index is 0.128. The molecule has 0 aromatic heterocycles. The van der Waals surface area contributed by atoms with Gasteiger partial charge in [-0.25, -0.2) is 0 Å². The molecule has 2 amide bonds. The summed E-state index contributed by atoms with van der Waals surface area (Å²) in [5, 5.41) is 2.78. The second-order valence-electron chi connectivity index (χ2n) is 5.30. The van der Waals surface area contributed by atoms with Gasteiger partial charge in [-0.3, -0.25) is 9.59 Å². The molecule has 6 nitrogen and oxygen atoms in total. The molecular formula is C18H20N2O4. The Morgan fingerprint density at radius 1 is 0.917 bits per heavy atom. The normalized spacial score (nSPS) is 10.0. The van der Waals surface area contributed by atoms with E-state index in [4.69, 9.17) is 9.47 Å². The van der Waals surface area contributed by atoms with E-state index in [2.05, 4.69) is 5.32 Å². The number of benzene rings is 2. The molecule has 2 rings (SSSR count). The highest BCUT2D eigenvalue weighted by Gasteiger charge is 2.13. The maximum Gasteiger partial charge on any atom is 0.255 e. The van der Waals surface area contributed by atoms with E-state index >= 15 is 0 Å². The minimum Gasteiger partial charge on any atom is -0.493 e. The number of rotatable bonds is 5. The van der Waals surface area contributed by atoms with Gasteiger partial charge in [-0.15, -0.1) is 0 Å². The highest BCUT2D eigenvalue weighted by Crippen LogP contribution is 2.27. The molecule has 2 aromatic rings. The third-order valence-corrected chi connectivity index (χ3v) is 3.42. The van der Waals surface area contributed by atoms with Crippen LogP contribution in [0.4, 0.5) is 5.69 Å². The topological polar surface area (TPSA) is 67.9 Å². The van der Waals surface area contributed by atoms with E-state index in [1.165, 1.54) is 19.1 Å². The van der Waals surface area contributed by atoms with Gasteiger partial charge < -0.3 is 19.7 Å². The molecule has 0 radical (unpaired) electrons. The van der Waals surface area contributed by atoms with Crippen LogP contribution in [-0.2, 0) is 0 Å². The minimum atomic E-state index is -0.301. The first-order chi connectivity index (χ1) is 11.5. The Balaban J connectivity index is 2.21. The van der Waals surface area contributed by atoms with Crippen LogP contribution in [0.1, 0.15) is 20.7 Å². The molecule has 0 aliphatic carbocycles. The highest BCUT2D eigenvalue weighted by atomic mass is 16.5. The number of ether oxygens (including phenoxy) is 2. The number of nitrogens with zero attached hydrogens (tertiary/aromatic N) is 1. The average molecular weight is 328 g/mol. The van der Waals surface area contributed by atoms with E-state index < -0.39 is 0 Å². The van der Waals surface area contributed by atoms with Crippen LogP contribution < -0.4 is 14.8 Å². The van der Waals surface area contributed by atoms with Crippen LogP contribution >= 0.6 is 0 Å². The van der Waals surface area contributed by atoms with Crippen molar-refractivity contribution < 1.29 is 19.1 Å². The molecule has 0 unspecified atom stereocenters. The van der Waals surface area contributed by atoms with Gasteiger partial charge in [-0.05, 0) is 36.4 Å². The number of anilines is 1. The summed E-state index contributed by atoms with van der Waals surface area (Å²) in [6.07, 6.45) is 0. The maximum absolute atomic E-state index is 12.4. The van der Waals surface area contributed by atoms with Gasteiger partial charge in [0, 0.05) is 30.9 Å². The van der Waals surface area contributed by atoms with Crippen molar-refractivity contribution in [2.75, 3.05) is 33.6 Å². The zero-order chi connectivity index (χ0) is 17.7. The maximum atomic E-state index is 12.4. The van der Waals surface area contributed by atoms with Crippen molar-refractivity contribution in [3.63, 3.8) is 0 Å². The van der Waals surface area contributed by atoms with Crippen molar-refractivity contribution in [2.24, 2.45) is 0 Å². The SMILES string of the molecule is COc1ccc(C(=O)Nc2cccc(C(=O)N(C)C)c2)cc1OC. The number of carbonyl (C=O) groups is 2. The van der Waals surface area contributed by atoms with Gasteiger partial charge in [0.15, 0.2) is 11.5 Å². The van der Waals surface area contributed by atoms with Crippen molar-refractivity contribution >= 4 is 17.5 Å². The molecule has 1 N–H and O–H groups in total. The largest absolute Gasteiger partial charge is 0.493 e. The van der Waals surface area contributed by atoms with Crippen LogP contribution in [0.2, 0.25) is 0 Å². The predicted octanol–water partition coefficient (Wildman–Crippen LogP) is 2.66. The van der Waals surface area contributed by atoms with Crippen molar-refractivity contribution in [3.8, 4) is 11.5 Å². The monoisotopic (exact) mass is 328 g/mol. The Labute approximate surface area is 141 Å². The van der Waals surface area contributed by atoms with Gasteiger partial charge in [-0.1, -0.05) is 6.07 Å². The number of carbonyl (C=O) groups excluding carboxylic acids is 2. The Morgan fingerprint density at radius 3 is 2.25 bits per heavy atom. The van der Waals surface area contributed by atoms with Gasteiger partial charge in [0.2, 0.25) is 0 Å². The molecule has 0 aliphatic rings. The summed E-state index contributed by atoms with van der Waals surface area (Å²) in [4.78, 5) is 25.9. The van der Waals surface area contributed by atoms with Crippen molar-refractivity contribution in [1.29, 1.82) is 0 Å². The standard InChI is InChI=1S/C18H20N2O4/c1-20(2)18(22)13-6-5-7-14(10-13)19-17(21)12-8-9-15(23-3)16(11-12)24-4/h5-11H,1-4H3,(H,19,21). The fourth-order valence-electron chi connectivity index (χ4n) is 2.17. The van der Waals surface area contributed by atoms with E-state index in [1.807, 2.05) is 0 Å². The highest BCUT2D eigenvalue weighted by molar-refractivity contribution is 6.05. The van der Waals surface area contributed by atoms with E-state index in [0.29, 0.717) is 28.3 Å². The summed E-state index contributed by atoms with van der Waals surface area (Å²) < 4.78 is 10.4. The fraction of sp³-hybridized carbons (Fsp3) is 0.222. The molecule has 0 saturated carbocycles. The Bertz CT molecular complexity index is 756. The lowest BCUT2D eigenvalue weighted by Crippen LogP contribution is -2.22. The number of amides is 2. The van der Waals surface area contributed by atoms with Crippen LogP contribution in [-0.4, -0.2) is 45.0 Å². The van der Waals surface area contributed by atoms with Crippen LogP contribution in [0.15, 0.2) is 42.5 Å². The van der Waals surface area contributed by atoms with Crippen molar-refractivity contribution in [1.82, 2.24) is 4.90 Å². The van der Waals surface area contributed by atoms with Crippen LogP contribution in [0.3, 0.4) is 0 Å². The van der Waals surface area contributed by atoms with E-state index in [9.17, 15) is 9.59 Å². The molecule has 126 valence electrons. The molecule has 6 heteroatoms. The summed E-state index contributed by atoms with van der Waals surface area (Å²) in [6.45, 7) is 0. The summed E-state index contributed by atoms with van der Waals surface area (Å²) in [6, 6.07) is 11.7. The first-order valence-electron chi connectivity index (χ1n) is 7.31. The number of hydrogen-bond acceptors (Lipinski definition) is 4. The number of methoxy groups -OCH3 is 2. The lowest BCUT2D eigenvalue weighted by atomic mass is 10.1. The predicted molar refractivity (Wildman–Crippen MR) is 92.0 cm³/mol. The molecule has 0 bridgehead atoms. The van der Waals surface area contributed by atoms with Crippen LogP contribution in [0.5, 0.6) is 11.5 Å². The smallest absolute Gasteiger partial charge is 0.255 e. The molecule has 0 aliphatic heterocycles. The lowest BCUT2D eigenvalue weighted by Gasteiger charge is -2.12. The Hall–Kier alpha value is -3.02. The number of nitrogens with one attached hydrogen (secondary N) is 1. The zero-order valence-corrected chi connectivity index (χ0v) is 14.1. The molecule has 0 fully saturated rings. The molecule has 0 heterocycles. The van der Waals surface area contributed by atoms with Crippen molar-refractivity contribution in [2.45, 2.75) is 0 Å². The summed E-state index contributed by atoms with van der Waals surface area (Å²) in [7, 11) is 6.40. The quantitative estimate of drug-likeness (QED) is 0.916. The summed E-state index contributed by atoms with van der Waals surface area (Å²) in [5.74, 6) is 0.594. The Kier molecular flexibility index (Phi) is 5.42. The number of hydrogen-bond donors (Lipinski definition) is 1. The molecule has 0 spiro atoms. The van der Waals surface area contributed by atoms with Gasteiger partial charge in [0.05, 0.1) is 14.2 Å². The average Bonchev–Trinajstić information content (AvgIpc) is 2.60. The van der Waals surface area contributed by atoms with Gasteiger partial charge in [0.25, 0.3) is 11.8 Å². The zero-order valence-electron chi connectivity index (χ0n) is 14.1. The summed E-state index contributed by atoms with van der Waals surface area (Å²) >= 11 is 0. The second-order valence-corrected chi connectivity index (χ2v) is 5.30. The van der Waals surface area contributed by atoms with Crippen LogP contribution in [0, 0.1) is 0 Å². The van der Waals surface area contributed by atoms with E-state index in [0.717, 1.165) is 0 Å². The first kappa shape index (κ1) is 17.3. The molecular weight excluding hydrogens is 308 g/mol. The van der Waals surface area contributed by atoms with Gasteiger partial charge in [0.1, 0.15) is 0 Å². The molecule has 2 aromatic carbocycles. The van der Waals surface area contributed by atoms with E-state index in [1.54, 1.807) is 56.6 Å². The first-order valence-corrected chi connectivity index (χ1v) is 7.31. The van der Waals surface area contributed by atoms with Crippen molar-refractivity contribution in [3.05, 3.63) is 53.6 Å². The lowest BCUT2D eigenvalue weighted by molar-refractivity contribution is 0.0827. The summed E-state index contributed by atoms with van der Waals surface area (Å²) in [5.41, 5.74) is 1.48. The van der Waals surface area contributed by atoms with E-state index in [-0.39, 0.29) is 11.8 Å². The van der Waals surface area contributed by atoms with Gasteiger partial charge in [-0.2, -0.15) is 0 Å². The molecule has 0 atom stereocenters. The third kappa shape index (κ3) is 3.84. The molecule has 0 saturated heterocycles. The second kappa shape index (κ2) is 7.50. The third-order valence-electron chi connectivity index (χ3n) is 3.42. The molecule has 24 heavy (non-hydrogen) atoms. The van der Waals surface area contributed by atoms with Gasteiger partial charge >= 0.3 is 0 Å².